The highest BCUT2D eigenvalue weighted by Gasteiger charge is 2.27. The Hall–Kier alpha value is -2.57. The maximum atomic E-state index is 12.7. The van der Waals surface area contributed by atoms with Crippen LogP contribution in [0.1, 0.15) is 40.9 Å². The maximum absolute atomic E-state index is 12.7. The van der Waals surface area contributed by atoms with Gasteiger partial charge in [-0.25, -0.2) is 4.79 Å². The summed E-state index contributed by atoms with van der Waals surface area (Å²) in [6, 6.07) is 9.89. The van der Waals surface area contributed by atoms with Crippen molar-refractivity contribution in [3.05, 3.63) is 63.7 Å². The molecule has 0 bridgehead atoms. The van der Waals surface area contributed by atoms with Gasteiger partial charge in [0.15, 0.2) is 6.79 Å². The van der Waals surface area contributed by atoms with Crippen LogP contribution in [0.3, 0.4) is 0 Å². The summed E-state index contributed by atoms with van der Waals surface area (Å²) < 4.78 is 16.3. The normalized spacial score (nSPS) is 14.0. The topological polar surface area (TPSA) is 73.9 Å². The molecule has 0 saturated heterocycles. The molecule has 0 radical (unpaired) electrons. The van der Waals surface area contributed by atoms with Gasteiger partial charge in [0.25, 0.3) is 5.91 Å². The average molecular weight is 418 g/mol. The summed E-state index contributed by atoms with van der Waals surface area (Å²) in [6.07, 6.45) is 0. The predicted octanol–water partition coefficient (Wildman–Crippen LogP) is 4.01. The molecular weight excluding hydrogens is 394 g/mol. The van der Waals surface area contributed by atoms with E-state index in [9.17, 15) is 9.59 Å². The lowest BCUT2D eigenvalue weighted by Crippen LogP contribution is -2.45. The molecule has 29 heavy (non-hydrogen) atoms. The fourth-order valence-corrected chi connectivity index (χ4v) is 3.37. The van der Waals surface area contributed by atoms with Gasteiger partial charge < -0.3 is 19.5 Å². The number of rotatable bonds is 6. The van der Waals surface area contributed by atoms with E-state index in [4.69, 9.17) is 25.8 Å². The molecule has 0 saturated carbocycles. The van der Waals surface area contributed by atoms with Gasteiger partial charge in [0.2, 0.25) is 0 Å². The molecule has 1 atom stereocenters. The van der Waals surface area contributed by atoms with Crippen molar-refractivity contribution in [3.8, 4) is 5.75 Å². The summed E-state index contributed by atoms with van der Waals surface area (Å²) in [5.74, 6) is -0.348. The molecule has 2 aromatic rings. The second-order valence-corrected chi connectivity index (χ2v) is 7.77. The van der Waals surface area contributed by atoms with Gasteiger partial charge in [-0.05, 0) is 37.1 Å². The van der Waals surface area contributed by atoms with Crippen LogP contribution in [-0.2, 0) is 27.5 Å². The van der Waals surface area contributed by atoms with Gasteiger partial charge in [0.1, 0.15) is 18.4 Å². The minimum Gasteiger partial charge on any atom is -0.467 e. The van der Waals surface area contributed by atoms with E-state index in [2.05, 4.69) is 5.32 Å². The molecule has 0 unspecified atom stereocenters. The minimum atomic E-state index is -0.776. The largest absolute Gasteiger partial charge is 0.467 e. The van der Waals surface area contributed by atoms with Gasteiger partial charge in [0.05, 0.1) is 6.61 Å². The monoisotopic (exact) mass is 417 g/mol. The van der Waals surface area contributed by atoms with E-state index in [1.165, 1.54) is 0 Å². The Morgan fingerprint density at radius 3 is 2.76 bits per heavy atom. The lowest BCUT2D eigenvalue weighted by Gasteiger charge is -2.23. The first-order valence-corrected chi connectivity index (χ1v) is 9.79. The summed E-state index contributed by atoms with van der Waals surface area (Å²) in [5.41, 5.74) is 2.94. The van der Waals surface area contributed by atoms with Crippen molar-refractivity contribution in [3.63, 3.8) is 0 Å². The number of nitrogens with one attached hydrogen (secondary N) is 1. The number of carbonyl (C=O) groups excluding carboxylic acids is 2. The van der Waals surface area contributed by atoms with Crippen LogP contribution in [0.25, 0.3) is 0 Å². The third kappa shape index (κ3) is 5.28. The molecule has 154 valence electrons. The first-order chi connectivity index (χ1) is 13.8. The maximum Gasteiger partial charge on any atom is 0.329 e. The summed E-state index contributed by atoms with van der Waals surface area (Å²) in [7, 11) is 0. The zero-order valence-corrected chi connectivity index (χ0v) is 17.4. The lowest BCUT2D eigenvalue weighted by molar-refractivity contribution is -0.148. The van der Waals surface area contributed by atoms with E-state index in [0.29, 0.717) is 28.5 Å². The average Bonchev–Trinajstić information content (AvgIpc) is 2.69. The predicted molar refractivity (Wildman–Crippen MR) is 109 cm³/mol. The lowest BCUT2D eigenvalue weighted by atomic mass is 10.0. The number of amides is 1. The number of fused-ring (bicyclic) bond motifs is 1. The van der Waals surface area contributed by atoms with E-state index < -0.39 is 12.0 Å². The molecule has 6 nitrogen and oxygen atoms in total. The van der Waals surface area contributed by atoms with Crippen LogP contribution < -0.4 is 10.1 Å². The number of esters is 1. The van der Waals surface area contributed by atoms with Crippen molar-refractivity contribution in [2.75, 3.05) is 6.79 Å². The number of hydrogen-bond donors (Lipinski definition) is 1. The first-order valence-electron chi connectivity index (χ1n) is 9.41. The number of halogens is 1. The van der Waals surface area contributed by atoms with Gasteiger partial charge in [-0.2, -0.15) is 0 Å². The molecule has 1 amide bonds. The molecule has 1 heterocycles. The Morgan fingerprint density at radius 1 is 1.24 bits per heavy atom. The molecular formula is C22H24ClNO5. The van der Waals surface area contributed by atoms with Crippen LogP contribution in [0, 0.1) is 12.8 Å². The number of carbonyl (C=O) groups is 2. The smallest absolute Gasteiger partial charge is 0.329 e. The standard InChI is InChI=1S/C22H24ClNO5/c1-13(2)19(24-21(25)15-6-4-5-14(3)7-15)22(26)28-11-17-9-18(23)8-16-10-27-12-29-20(16)17/h4-9,13,19H,10-12H2,1-3H3,(H,24,25)/t19-/m1/s1. The zero-order chi connectivity index (χ0) is 21.0. The molecule has 1 N–H and O–H groups in total. The van der Waals surface area contributed by atoms with Crippen molar-refractivity contribution in [2.45, 2.75) is 40.0 Å². The zero-order valence-electron chi connectivity index (χ0n) is 16.7. The molecule has 0 spiro atoms. The van der Waals surface area contributed by atoms with Crippen molar-refractivity contribution >= 4 is 23.5 Å². The highest BCUT2D eigenvalue weighted by molar-refractivity contribution is 6.30. The van der Waals surface area contributed by atoms with Crippen molar-refractivity contribution in [1.82, 2.24) is 5.32 Å². The molecule has 2 aromatic carbocycles. The molecule has 1 aliphatic heterocycles. The van der Waals surface area contributed by atoms with Crippen LogP contribution in [0.2, 0.25) is 5.02 Å². The Kier molecular flexibility index (Phi) is 6.77. The molecule has 1 aliphatic rings. The van der Waals surface area contributed by atoms with Crippen molar-refractivity contribution in [1.29, 1.82) is 0 Å². The van der Waals surface area contributed by atoms with Crippen molar-refractivity contribution < 1.29 is 23.8 Å². The van der Waals surface area contributed by atoms with Crippen LogP contribution in [0.5, 0.6) is 5.75 Å². The molecule has 7 heteroatoms. The number of hydrogen-bond acceptors (Lipinski definition) is 5. The number of aryl methyl sites for hydroxylation is 1. The van der Waals surface area contributed by atoms with Gasteiger partial charge in [0, 0.05) is 21.7 Å². The van der Waals surface area contributed by atoms with Crippen LogP contribution in [0.15, 0.2) is 36.4 Å². The Balaban J connectivity index is 1.69. The van der Waals surface area contributed by atoms with Crippen LogP contribution >= 0.6 is 11.6 Å². The highest BCUT2D eigenvalue weighted by Crippen LogP contribution is 2.32. The van der Waals surface area contributed by atoms with Crippen LogP contribution in [-0.4, -0.2) is 24.7 Å². The molecule has 3 rings (SSSR count). The first kappa shape index (κ1) is 21.1. The Morgan fingerprint density at radius 2 is 2.03 bits per heavy atom. The van der Waals surface area contributed by atoms with Gasteiger partial charge >= 0.3 is 5.97 Å². The van der Waals surface area contributed by atoms with Gasteiger partial charge in [-0.15, -0.1) is 0 Å². The number of ether oxygens (including phenoxy) is 3. The summed E-state index contributed by atoms with van der Waals surface area (Å²) >= 11 is 6.15. The van der Waals surface area contributed by atoms with E-state index in [-0.39, 0.29) is 25.2 Å². The van der Waals surface area contributed by atoms with E-state index in [1.54, 1.807) is 30.3 Å². The fourth-order valence-electron chi connectivity index (χ4n) is 3.11. The van der Waals surface area contributed by atoms with E-state index in [0.717, 1.165) is 11.1 Å². The Bertz CT molecular complexity index is 912. The third-order valence-corrected chi connectivity index (χ3v) is 4.83. The summed E-state index contributed by atoms with van der Waals surface area (Å²) in [5, 5.41) is 3.29. The fraction of sp³-hybridized carbons (Fsp3) is 0.364. The molecule has 0 aliphatic carbocycles. The summed E-state index contributed by atoms with van der Waals surface area (Å²) in [4.78, 5) is 25.3. The second-order valence-electron chi connectivity index (χ2n) is 7.34. The minimum absolute atomic E-state index is 0.00867. The highest BCUT2D eigenvalue weighted by atomic mass is 35.5. The SMILES string of the molecule is Cc1cccc(C(=O)N[C@@H](C(=O)OCc2cc(Cl)cc3c2OCOC3)C(C)C)c1. The van der Waals surface area contributed by atoms with Crippen LogP contribution in [0.4, 0.5) is 0 Å². The quantitative estimate of drug-likeness (QED) is 0.719. The van der Waals surface area contributed by atoms with Crippen molar-refractivity contribution in [2.24, 2.45) is 5.92 Å². The Labute approximate surface area is 175 Å². The van der Waals surface area contributed by atoms with E-state index >= 15 is 0 Å². The second kappa shape index (κ2) is 9.29. The molecule has 0 fully saturated rings. The van der Waals surface area contributed by atoms with Gasteiger partial charge in [-0.1, -0.05) is 43.1 Å². The number of benzene rings is 2. The summed E-state index contributed by atoms with van der Waals surface area (Å²) in [6.45, 7) is 6.12. The molecule has 0 aromatic heterocycles. The van der Waals surface area contributed by atoms with E-state index in [1.807, 2.05) is 26.8 Å². The third-order valence-electron chi connectivity index (χ3n) is 4.61. The van der Waals surface area contributed by atoms with Gasteiger partial charge in [-0.3, -0.25) is 4.79 Å².